The average Bonchev–Trinajstić information content (AvgIpc) is 2.84. The van der Waals surface area contributed by atoms with Gasteiger partial charge >= 0.3 is 5.97 Å². The Hall–Kier alpha value is -4.31. The number of carboxylic acids is 1. The van der Waals surface area contributed by atoms with E-state index in [-0.39, 0.29) is 27.6 Å². The van der Waals surface area contributed by atoms with Gasteiger partial charge in [0.05, 0.1) is 11.3 Å². The van der Waals surface area contributed by atoms with Crippen LogP contribution in [-0.2, 0) is 20.2 Å². The first-order valence-electron chi connectivity index (χ1n) is 12.0. The molecule has 1 heterocycles. The smallest absolute Gasteiger partial charge is 0.336 e. The predicted molar refractivity (Wildman–Crippen MR) is 142 cm³/mol. The molecule has 0 aromatic heterocycles. The van der Waals surface area contributed by atoms with Gasteiger partial charge in [0.2, 0.25) is 5.36 Å². The number of carboxylic acid groups (broad SMARTS) is 1. The van der Waals surface area contributed by atoms with E-state index in [1.807, 2.05) is 13.8 Å². The summed E-state index contributed by atoms with van der Waals surface area (Å²) in [6.45, 7) is 4.29. The summed E-state index contributed by atoms with van der Waals surface area (Å²) >= 11 is 0. The molecule has 6 N–H and O–H groups in total. The summed E-state index contributed by atoms with van der Waals surface area (Å²) in [5, 5.41) is 17.9. The number of nitrogens with one attached hydrogen (secondary N) is 1. The van der Waals surface area contributed by atoms with Gasteiger partial charge in [-0.25, -0.2) is 21.6 Å². The highest BCUT2D eigenvalue weighted by Gasteiger charge is 2.30. The summed E-state index contributed by atoms with van der Waals surface area (Å²) in [4.78, 5) is 23.0. The lowest BCUT2D eigenvalue weighted by molar-refractivity contribution is -0.176. The van der Waals surface area contributed by atoms with E-state index >= 15 is 0 Å². The number of amides is 1. The van der Waals surface area contributed by atoms with E-state index in [2.05, 4.69) is 5.32 Å². The molecule has 0 radical (unpaired) electrons. The van der Waals surface area contributed by atoms with Gasteiger partial charge in [-0.05, 0) is 48.2 Å². The van der Waals surface area contributed by atoms with Crippen molar-refractivity contribution in [2.45, 2.75) is 30.1 Å². The predicted octanol–water partition coefficient (Wildman–Crippen LogP) is 0.729. The topological polar surface area (TPSA) is 246 Å². The SMILES string of the molecule is CC(C)CCNC(=O)c1ccc(-c2c3ccc(=[NH2+])c(S(=O)(=O)[O-])c-3oc3c(S(=O)(=O)[O-])c(N)ccc23)c(C(=O)O)c1. The molecule has 4 rings (SSSR count). The lowest BCUT2D eigenvalue weighted by Crippen LogP contribution is -2.47. The molecule has 0 fully saturated rings. The second-order valence-electron chi connectivity index (χ2n) is 9.61. The summed E-state index contributed by atoms with van der Waals surface area (Å²) in [5.74, 6) is -2.44. The average molecular weight is 603 g/mol. The maximum Gasteiger partial charge on any atom is 0.336 e. The number of fused-ring (bicyclic) bond motifs is 2. The van der Waals surface area contributed by atoms with Crippen LogP contribution in [0, 0.1) is 5.92 Å². The highest BCUT2D eigenvalue weighted by atomic mass is 32.2. The van der Waals surface area contributed by atoms with E-state index in [4.69, 9.17) is 15.6 Å². The van der Waals surface area contributed by atoms with Crippen molar-refractivity contribution in [3.8, 4) is 22.5 Å². The minimum absolute atomic E-state index is 0.00303. The first-order valence-corrected chi connectivity index (χ1v) is 14.8. The van der Waals surface area contributed by atoms with E-state index < -0.39 is 69.9 Å². The van der Waals surface area contributed by atoms with Gasteiger partial charge in [-0.15, -0.1) is 0 Å². The summed E-state index contributed by atoms with van der Waals surface area (Å²) < 4.78 is 78.7. The van der Waals surface area contributed by atoms with Gasteiger partial charge in [0, 0.05) is 34.7 Å². The van der Waals surface area contributed by atoms with Crippen molar-refractivity contribution < 1.29 is 50.5 Å². The van der Waals surface area contributed by atoms with Crippen LogP contribution in [-0.4, -0.2) is 49.5 Å². The third-order valence-electron chi connectivity index (χ3n) is 6.32. The van der Waals surface area contributed by atoms with Crippen LogP contribution in [0.25, 0.3) is 33.4 Å². The Bertz CT molecular complexity index is 1980. The Labute approximate surface area is 234 Å². The van der Waals surface area contributed by atoms with Gasteiger partial charge in [-0.2, -0.15) is 0 Å². The van der Waals surface area contributed by atoms with E-state index in [0.29, 0.717) is 18.9 Å². The maximum absolute atomic E-state index is 12.7. The molecule has 1 aliphatic heterocycles. The zero-order valence-corrected chi connectivity index (χ0v) is 23.3. The van der Waals surface area contributed by atoms with Gasteiger partial charge in [0.15, 0.2) is 16.2 Å². The molecule has 0 saturated carbocycles. The number of rotatable bonds is 8. The molecule has 2 aliphatic rings. The highest BCUT2D eigenvalue weighted by Crippen LogP contribution is 2.45. The van der Waals surface area contributed by atoms with E-state index in [0.717, 1.165) is 18.2 Å². The lowest BCUT2D eigenvalue weighted by Gasteiger charge is -2.22. The Balaban J connectivity index is 2.14. The molecule has 2 aromatic carbocycles. The Morgan fingerprint density at radius 3 is 2.22 bits per heavy atom. The molecule has 0 unspecified atom stereocenters. The van der Waals surface area contributed by atoms with Crippen molar-refractivity contribution in [1.29, 1.82) is 0 Å². The molecule has 15 heteroatoms. The number of nitrogen functional groups attached to an aromatic ring is 1. The normalized spacial score (nSPS) is 12.2. The largest absolute Gasteiger partial charge is 0.744 e. The quantitative estimate of drug-likeness (QED) is 0.124. The number of hydrogen-bond acceptors (Lipinski definition) is 10. The van der Waals surface area contributed by atoms with Gasteiger partial charge in [-0.3, -0.25) is 10.2 Å². The van der Waals surface area contributed by atoms with Crippen molar-refractivity contribution in [3.05, 3.63) is 58.9 Å². The summed E-state index contributed by atoms with van der Waals surface area (Å²) in [6.07, 6.45) is 0.684. The molecule has 41 heavy (non-hydrogen) atoms. The summed E-state index contributed by atoms with van der Waals surface area (Å²) in [6, 6.07) is 8.33. The molecular weight excluding hydrogens is 578 g/mol. The lowest BCUT2D eigenvalue weighted by atomic mass is 9.89. The van der Waals surface area contributed by atoms with Crippen molar-refractivity contribution in [2.24, 2.45) is 5.92 Å². The van der Waals surface area contributed by atoms with Crippen molar-refractivity contribution in [2.75, 3.05) is 12.3 Å². The highest BCUT2D eigenvalue weighted by molar-refractivity contribution is 7.86. The molecule has 1 amide bonds. The molecule has 2 aromatic rings. The molecular formula is C26H24N3O10S2-. The minimum atomic E-state index is -5.34. The maximum atomic E-state index is 12.7. The minimum Gasteiger partial charge on any atom is -0.744 e. The van der Waals surface area contributed by atoms with Crippen molar-refractivity contribution >= 4 is 48.8 Å². The van der Waals surface area contributed by atoms with Gasteiger partial charge in [0.25, 0.3) is 5.91 Å². The van der Waals surface area contributed by atoms with Crippen LogP contribution in [0.15, 0.2) is 56.7 Å². The van der Waals surface area contributed by atoms with Crippen molar-refractivity contribution in [1.82, 2.24) is 5.32 Å². The molecule has 1 aliphatic carbocycles. The van der Waals surface area contributed by atoms with Gasteiger partial charge < -0.3 is 29.7 Å². The monoisotopic (exact) mass is 602 g/mol. The van der Waals surface area contributed by atoms with Crippen LogP contribution >= 0.6 is 0 Å². The van der Waals surface area contributed by atoms with E-state index in [1.54, 1.807) is 0 Å². The number of benzene rings is 3. The fourth-order valence-electron chi connectivity index (χ4n) is 4.46. The van der Waals surface area contributed by atoms with Crippen LogP contribution in [0.4, 0.5) is 5.69 Å². The second-order valence-corrected chi connectivity index (χ2v) is 12.2. The summed E-state index contributed by atoms with van der Waals surface area (Å²) in [5.41, 5.74) is 3.72. The van der Waals surface area contributed by atoms with Crippen LogP contribution in [0.5, 0.6) is 0 Å². The van der Waals surface area contributed by atoms with Crippen LogP contribution in [0.1, 0.15) is 41.0 Å². The fourth-order valence-corrected chi connectivity index (χ4v) is 5.93. The third kappa shape index (κ3) is 5.65. The van der Waals surface area contributed by atoms with Gasteiger partial charge in [-0.1, -0.05) is 19.9 Å². The summed E-state index contributed by atoms with van der Waals surface area (Å²) in [7, 11) is -10.7. The second kappa shape index (κ2) is 10.6. The first-order chi connectivity index (χ1) is 19.0. The Morgan fingerprint density at radius 1 is 1.00 bits per heavy atom. The van der Waals surface area contributed by atoms with Crippen molar-refractivity contribution in [3.63, 3.8) is 0 Å². The number of carbonyl (C=O) groups excluding carboxylic acids is 1. The number of carbonyl (C=O) groups is 2. The number of nitrogens with two attached hydrogens (primary N) is 2. The van der Waals surface area contributed by atoms with Crippen LogP contribution in [0.3, 0.4) is 0 Å². The molecule has 13 nitrogen and oxygen atoms in total. The molecule has 0 atom stereocenters. The number of hydrogen-bond donors (Lipinski definition) is 4. The van der Waals surface area contributed by atoms with Crippen LogP contribution in [0.2, 0.25) is 0 Å². The van der Waals surface area contributed by atoms with E-state index in [1.165, 1.54) is 24.3 Å². The molecule has 0 spiro atoms. The van der Waals surface area contributed by atoms with E-state index in [9.17, 15) is 40.6 Å². The Morgan fingerprint density at radius 2 is 1.63 bits per heavy atom. The third-order valence-corrected chi connectivity index (χ3v) is 8.16. The number of anilines is 1. The molecule has 0 bridgehead atoms. The van der Waals surface area contributed by atoms with Gasteiger partial charge in [0.1, 0.15) is 25.1 Å². The first kappa shape index (κ1) is 29.7. The molecule has 216 valence electrons. The Kier molecular flexibility index (Phi) is 7.66. The van der Waals surface area contributed by atoms with Crippen LogP contribution < -0.4 is 21.8 Å². The standard InChI is InChI=1S/C26H25N3O10S2/c1-12(2)9-10-29-25(30)13-3-4-14(17(11-13)26(31)32)20-15-5-7-18(27)23(40(33,34)35)21(15)39-22-16(20)6-8-19(28)24(22)41(36,37)38/h3-8,11-12,27H,9-10,28H2,1-2H3,(H,29,30)(H,31,32)(H,33,34,35)(H,36,37,38)/p-1. The number of aromatic carboxylic acids is 1. The zero-order chi connectivity index (χ0) is 30.4. The fraction of sp³-hybridized carbons (Fsp3) is 0.192. The zero-order valence-electron chi connectivity index (χ0n) is 21.6. The molecule has 0 saturated heterocycles.